The van der Waals surface area contributed by atoms with Crippen LogP contribution in [0, 0.1) is 11.8 Å². The van der Waals surface area contributed by atoms with Crippen molar-refractivity contribution in [1.82, 2.24) is 0 Å². The van der Waals surface area contributed by atoms with Gasteiger partial charge in [-0.2, -0.15) is 0 Å². The summed E-state index contributed by atoms with van der Waals surface area (Å²) in [5, 5.41) is 106. The normalized spacial score (nSPS) is 50.9. The fourth-order valence-corrected chi connectivity index (χ4v) is 6.86. The fraction of sp³-hybridized carbons (Fsp3) is 1.00. The highest BCUT2D eigenvalue weighted by molar-refractivity contribution is 4.99. The molecule has 3 heterocycles. The van der Waals surface area contributed by atoms with Crippen LogP contribution in [0.2, 0.25) is 0 Å². The van der Waals surface area contributed by atoms with E-state index in [4.69, 9.17) is 33.2 Å². The van der Waals surface area contributed by atoms with Gasteiger partial charge in [0, 0.05) is 25.6 Å². The molecule has 1 saturated carbocycles. The summed E-state index contributed by atoms with van der Waals surface area (Å²) in [5.41, 5.74) is 0. The third kappa shape index (κ3) is 8.28. The minimum atomic E-state index is -1.77. The first-order valence-electron chi connectivity index (χ1n) is 15.9. The maximum atomic E-state index is 11.1. The number of aliphatic hydroxyl groups excluding tert-OH is 10. The lowest BCUT2D eigenvalue weighted by molar-refractivity contribution is -0.363. The van der Waals surface area contributed by atoms with Gasteiger partial charge in [0.2, 0.25) is 0 Å². The molecule has 20 unspecified atom stereocenters. The smallest absolute Gasteiger partial charge is 0.187 e. The minimum Gasteiger partial charge on any atom is -0.396 e. The largest absolute Gasteiger partial charge is 0.396 e. The molecule has 10 N–H and O–H groups in total. The van der Waals surface area contributed by atoms with Crippen molar-refractivity contribution in [1.29, 1.82) is 0 Å². The van der Waals surface area contributed by atoms with E-state index in [1.54, 1.807) is 13.8 Å². The second-order valence-corrected chi connectivity index (χ2v) is 12.7. The van der Waals surface area contributed by atoms with Gasteiger partial charge in [0.25, 0.3) is 0 Å². The van der Waals surface area contributed by atoms with Gasteiger partial charge >= 0.3 is 0 Å². The Hall–Kier alpha value is -0.680. The van der Waals surface area contributed by atoms with Crippen LogP contribution in [-0.2, 0) is 33.2 Å². The van der Waals surface area contributed by atoms with E-state index in [2.05, 4.69) is 0 Å². The van der Waals surface area contributed by atoms with Crippen molar-refractivity contribution in [3.63, 3.8) is 0 Å². The average molecular weight is 689 g/mol. The molecule has 0 spiro atoms. The molecular weight excluding hydrogens is 632 g/mol. The Morgan fingerprint density at radius 1 is 0.553 bits per heavy atom. The van der Waals surface area contributed by atoms with Gasteiger partial charge in [0.05, 0.1) is 37.1 Å². The van der Waals surface area contributed by atoms with Crippen LogP contribution in [-0.4, -0.2) is 182 Å². The molecule has 3 aliphatic heterocycles. The Bertz CT molecular complexity index is 925. The summed E-state index contributed by atoms with van der Waals surface area (Å²) in [7, 11) is 1.24. The molecule has 4 fully saturated rings. The van der Waals surface area contributed by atoms with E-state index < -0.39 is 130 Å². The first-order chi connectivity index (χ1) is 21.8. The summed E-state index contributed by atoms with van der Waals surface area (Å²) in [6.45, 7) is 4.13. The predicted octanol–water partition coefficient (Wildman–Crippen LogP) is -3.68. The lowest BCUT2D eigenvalue weighted by Gasteiger charge is -2.49. The molecule has 0 aromatic carbocycles. The molecule has 4 rings (SSSR count). The van der Waals surface area contributed by atoms with Crippen LogP contribution < -0.4 is 0 Å². The van der Waals surface area contributed by atoms with Crippen LogP contribution >= 0.6 is 0 Å². The van der Waals surface area contributed by atoms with Crippen molar-refractivity contribution in [2.75, 3.05) is 20.3 Å². The Morgan fingerprint density at radius 2 is 1.02 bits per heavy atom. The fourth-order valence-electron chi connectivity index (χ4n) is 6.86. The molecule has 17 nitrogen and oxygen atoms in total. The zero-order valence-electron chi connectivity index (χ0n) is 26.4. The van der Waals surface area contributed by atoms with Crippen molar-refractivity contribution in [2.45, 2.75) is 158 Å². The highest BCUT2D eigenvalue weighted by Gasteiger charge is 2.54. The monoisotopic (exact) mass is 688 g/mol. The molecule has 1 aliphatic carbocycles. The first kappa shape index (κ1) is 40.7. The molecule has 4 aliphatic rings. The van der Waals surface area contributed by atoms with Gasteiger partial charge in [-0.05, 0) is 19.3 Å². The molecule has 0 aromatic rings. The van der Waals surface area contributed by atoms with Crippen molar-refractivity contribution >= 4 is 0 Å². The van der Waals surface area contributed by atoms with Gasteiger partial charge in [-0.1, -0.05) is 28.2 Å². The molecule has 0 amide bonds. The van der Waals surface area contributed by atoms with Crippen LogP contribution in [0.4, 0.5) is 0 Å². The molecule has 278 valence electrons. The number of rotatable bonds is 11. The quantitative estimate of drug-likeness (QED) is 0.100. The molecule has 17 heteroatoms. The van der Waals surface area contributed by atoms with E-state index >= 15 is 0 Å². The number of ether oxygens (including phenoxy) is 7. The van der Waals surface area contributed by atoms with Gasteiger partial charge in [0.15, 0.2) is 18.9 Å². The Balaban J connectivity index is 0.00000600. The van der Waals surface area contributed by atoms with Crippen LogP contribution in [0.25, 0.3) is 0 Å². The van der Waals surface area contributed by atoms with E-state index in [0.29, 0.717) is 6.42 Å². The van der Waals surface area contributed by atoms with Gasteiger partial charge in [0.1, 0.15) is 61.0 Å². The summed E-state index contributed by atoms with van der Waals surface area (Å²) in [6.07, 6.45) is -23.5. The zero-order chi connectivity index (χ0) is 34.0. The van der Waals surface area contributed by atoms with E-state index in [9.17, 15) is 51.1 Å². The average Bonchev–Trinajstić information content (AvgIpc) is 3.05. The topological polar surface area (TPSA) is 267 Å². The maximum absolute atomic E-state index is 11.1. The number of hydrogen-bond donors (Lipinski definition) is 10. The molecule has 47 heavy (non-hydrogen) atoms. The number of aliphatic hydroxyl groups is 10. The first-order valence-corrected chi connectivity index (χ1v) is 15.9. The van der Waals surface area contributed by atoms with Crippen LogP contribution in [0.3, 0.4) is 0 Å². The zero-order valence-corrected chi connectivity index (χ0v) is 26.4. The minimum absolute atomic E-state index is 0. The summed E-state index contributed by atoms with van der Waals surface area (Å²) in [6, 6.07) is 0. The van der Waals surface area contributed by atoms with Gasteiger partial charge in [-0.25, -0.2) is 0 Å². The molecule has 0 aromatic heterocycles. The maximum Gasteiger partial charge on any atom is 0.187 e. The van der Waals surface area contributed by atoms with Crippen LogP contribution in [0.15, 0.2) is 0 Å². The van der Waals surface area contributed by atoms with E-state index in [1.807, 2.05) is 6.92 Å². The summed E-state index contributed by atoms with van der Waals surface area (Å²) in [4.78, 5) is 0. The lowest BCUT2D eigenvalue weighted by atomic mass is 9.80. The third-order valence-corrected chi connectivity index (χ3v) is 9.78. The number of hydrogen-bond acceptors (Lipinski definition) is 17. The molecule has 0 bridgehead atoms. The van der Waals surface area contributed by atoms with E-state index in [0.717, 1.165) is 0 Å². The number of methoxy groups -OCH3 is 1. The SMILES string of the molecule is C.CCC1OC(OC2C(CO)CC(OC3C(CC)OC(OC4C(CO)OC(OC)C(O)C4O)C(O)C3O)C(O)C2O)C(O)C(O)C1C. The highest BCUT2D eigenvalue weighted by Crippen LogP contribution is 2.37. The van der Waals surface area contributed by atoms with Crippen molar-refractivity contribution in [3.05, 3.63) is 0 Å². The standard InChI is InChI=1S/C29H52O17.CH4/c1-5-12-10(3)16(32)21(37)28(42-12)45-24-11(8-30)7-14(17(33)18(24)34)41-25-13(6-2)43-29(23(39)20(25)36)46-26-15(9-31)44-27(40-4)22(38)19(26)35;/h10-39H,5-9H2,1-4H3;1H4. The molecule has 20 atom stereocenters. The van der Waals surface area contributed by atoms with Gasteiger partial charge in [-0.3, -0.25) is 0 Å². The predicted molar refractivity (Wildman–Crippen MR) is 158 cm³/mol. The Kier molecular flexibility index (Phi) is 15.2. The second-order valence-electron chi connectivity index (χ2n) is 12.7. The van der Waals surface area contributed by atoms with Gasteiger partial charge < -0.3 is 84.2 Å². The van der Waals surface area contributed by atoms with Crippen molar-refractivity contribution in [2.24, 2.45) is 11.8 Å². The lowest BCUT2D eigenvalue weighted by Crippen LogP contribution is -2.65. The van der Waals surface area contributed by atoms with Crippen LogP contribution in [0.5, 0.6) is 0 Å². The summed E-state index contributed by atoms with van der Waals surface area (Å²) in [5.74, 6) is -1.21. The molecule has 3 saturated heterocycles. The molecule has 0 radical (unpaired) electrons. The van der Waals surface area contributed by atoms with E-state index in [-0.39, 0.29) is 26.2 Å². The molecular formula is C30H56O17. The van der Waals surface area contributed by atoms with Crippen LogP contribution in [0.1, 0.15) is 47.5 Å². The van der Waals surface area contributed by atoms with Crippen molar-refractivity contribution < 1.29 is 84.2 Å². The highest BCUT2D eigenvalue weighted by atomic mass is 16.7. The third-order valence-electron chi connectivity index (χ3n) is 9.78. The van der Waals surface area contributed by atoms with Crippen molar-refractivity contribution in [3.8, 4) is 0 Å². The Morgan fingerprint density at radius 3 is 1.55 bits per heavy atom. The Labute approximate surface area is 274 Å². The summed E-state index contributed by atoms with van der Waals surface area (Å²) >= 11 is 0. The second kappa shape index (κ2) is 17.5. The summed E-state index contributed by atoms with van der Waals surface area (Å²) < 4.78 is 39.8. The van der Waals surface area contributed by atoms with Gasteiger partial charge in [-0.15, -0.1) is 0 Å². The van der Waals surface area contributed by atoms with E-state index in [1.165, 1.54) is 7.11 Å².